The first-order chi connectivity index (χ1) is 9.53. The number of nitrogens with one attached hydrogen (secondary N) is 1. The van der Waals surface area contributed by atoms with Crippen molar-refractivity contribution in [2.45, 2.75) is 38.8 Å². The molecule has 0 atom stereocenters. The van der Waals surface area contributed by atoms with Crippen LogP contribution < -0.4 is 11.1 Å². The number of carbonyl (C=O) groups is 1. The van der Waals surface area contributed by atoms with E-state index < -0.39 is 0 Å². The molecule has 1 aromatic rings. The monoisotopic (exact) mass is 275 g/mol. The molecule has 0 radical (unpaired) electrons. The highest BCUT2D eigenvalue weighted by Crippen LogP contribution is 2.24. The van der Waals surface area contributed by atoms with Crippen LogP contribution in [0.3, 0.4) is 0 Å². The van der Waals surface area contributed by atoms with Gasteiger partial charge in [0.15, 0.2) is 0 Å². The molecule has 4 heteroatoms. The van der Waals surface area contributed by atoms with E-state index in [0.717, 1.165) is 19.5 Å². The quantitative estimate of drug-likeness (QED) is 0.851. The summed E-state index contributed by atoms with van der Waals surface area (Å²) in [5.74, 6) is 0.0398. The minimum Gasteiger partial charge on any atom is -0.354 e. The summed E-state index contributed by atoms with van der Waals surface area (Å²) in [4.78, 5) is 14.0. The molecule has 1 aliphatic rings. The van der Waals surface area contributed by atoms with Gasteiger partial charge in [-0.05, 0) is 31.4 Å². The van der Waals surface area contributed by atoms with Crippen molar-refractivity contribution in [1.29, 1.82) is 0 Å². The zero-order chi connectivity index (χ0) is 14.6. The van der Waals surface area contributed by atoms with Crippen molar-refractivity contribution >= 4 is 5.91 Å². The Hall–Kier alpha value is -1.39. The summed E-state index contributed by atoms with van der Waals surface area (Å²) in [5.41, 5.74) is 8.20. The van der Waals surface area contributed by atoms with Gasteiger partial charge in [0.25, 0.3) is 0 Å². The van der Waals surface area contributed by atoms with Crippen molar-refractivity contribution in [3.63, 3.8) is 0 Å². The second-order valence-corrected chi connectivity index (χ2v) is 6.07. The molecule has 1 aliphatic heterocycles. The Labute approximate surface area is 121 Å². The van der Waals surface area contributed by atoms with Gasteiger partial charge in [-0.2, -0.15) is 0 Å². The lowest BCUT2D eigenvalue weighted by Crippen LogP contribution is -2.53. The third-order valence-electron chi connectivity index (χ3n) is 4.08. The molecule has 3 N–H and O–H groups in total. The maximum Gasteiger partial charge on any atom is 0.221 e. The summed E-state index contributed by atoms with van der Waals surface area (Å²) in [6.07, 6.45) is 1.48. The third kappa shape index (κ3) is 3.58. The summed E-state index contributed by atoms with van der Waals surface area (Å²) >= 11 is 0. The number of hydrogen-bond donors (Lipinski definition) is 2. The summed E-state index contributed by atoms with van der Waals surface area (Å²) in [7, 11) is 0. The van der Waals surface area contributed by atoms with Gasteiger partial charge in [-0.15, -0.1) is 0 Å². The van der Waals surface area contributed by atoms with E-state index in [-0.39, 0.29) is 11.4 Å². The second-order valence-electron chi connectivity index (χ2n) is 6.07. The van der Waals surface area contributed by atoms with Crippen LogP contribution in [-0.4, -0.2) is 36.0 Å². The van der Waals surface area contributed by atoms with Crippen LogP contribution >= 0.6 is 0 Å². The lowest BCUT2D eigenvalue weighted by Gasteiger charge is -2.41. The number of nitrogens with zero attached hydrogens (tertiary/aromatic N) is 1. The predicted molar refractivity (Wildman–Crippen MR) is 81.3 cm³/mol. The predicted octanol–water partition coefficient (Wildman–Crippen LogP) is 1.29. The van der Waals surface area contributed by atoms with Crippen molar-refractivity contribution in [2.24, 2.45) is 5.73 Å². The number of fused-ring (bicyclic) bond motifs is 1. The highest BCUT2D eigenvalue weighted by atomic mass is 16.1. The van der Waals surface area contributed by atoms with Crippen molar-refractivity contribution in [3.05, 3.63) is 35.4 Å². The topological polar surface area (TPSA) is 58.4 Å². The van der Waals surface area contributed by atoms with Crippen LogP contribution in [0, 0.1) is 0 Å². The van der Waals surface area contributed by atoms with Crippen LogP contribution in [0.1, 0.15) is 31.4 Å². The largest absolute Gasteiger partial charge is 0.354 e. The van der Waals surface area contributed by atoms with Gasteiger partial charge in [-0.25, -0.2) is 0 Å². The normalized spacial score (nSPS) is 15.8. The van der Waals surface area contributed by atoms with Gasteiger partial charge >= 0.3 is 0 Å². The van der Waals surface area contributed by atoms with Gasteiger partial charge in [0.05, 0.1) is 0 Å². The molecular weight excluding hydrogens is 250 g/mol. The molecule has 4 nitrogen and oxygen atoms in total. The second kappa shape index (κ2) is 6.37. The number of amides is 1. The van der Waals surface area contributed by atoms with Crippen LogP contribution in [-0.2, 0) is 17.8 Å². The molecule has 1 amide bonds. The number of rotatable bonds is 5. The zero-order valence-corrected chi connectivity index (χ0v) is 12.5. The van der Waals surface area contributed by atoms with E-state index in [1.165, 1.54) is 11.1 Å². The van der Waals surface area contributed by atoms with E-state index in [0.29, 0.717) is 19.5 Å². The molecule has 0 unspecified atom stereocenters. The molecule has 0 saturated carbocycles. The smallest absolute Gasteiger partial charge is 0.221 e. The van der Waals surface area contributed by atoms with Crippen LogP contribution in [0.4, 0.5) is 0 Å². The van der Waals surface area contributed by atoms with Crippen LogP contribution in [0.2, 0.25) is 0 Å². The Bertz CT molecular complexity index is 471. The summed E-state index contributed by atoms with van der Waals surface area (Å²) < 4.78 is 0. The first-order valence-electron chi connectivity index (χ1n) is 7.31. The van der Waals surface area contributed by atoms with E-state index >= 15 is 0 Å². The van der Waals surface area contributed by atoms with Gasteiger partial charge in [0.1, 0.15) is 0 Å². The maximum absolute atomic E-state index is 11.6. The van der Waals surface area contributed by atoms with Gasteiger partial charge in [0, 0.05) is 38.1 Å². The van der Waals surface area contributed by atoms with Crippen LogP contribution in [0.25, 0.3) is 0 Å². The number of hydrogen-bond acceptors (Lipinski definition) is 3. The van der Waals surface area contributed by atoms with Crippen LogP contribution in [0.15, 0.2) is 24.3 Å². The van der Waals surface area contributed by atoms with Gasteiger partial charge in [-0.3, -0.25) is 9.69 Å². The van der Waals surface area contributed by atoms with E-state index in [1.807, 2.05) is 0 Å². The van der Waals surface area contributed by atoms with Gasteiger partial charge < -0.3 is 11.1 Å². The van der Waals surface area contributed by atoms with E-state index in [9.17, 15) is 4.79 Å². The fourth-order valence-corrected chi connectivity index (χ4v) is 2.66. The maximum atomic E-state index is 11.6. The molecule has 0 aliphatic carbocycles. The molecule has 1 aromatic carbocycles. The molecule has 110 valence electrons. The molecule has 0 spiro atoms. The summed E-state index contributed by atoms with van der Waals surface area (Å²) in [6, 6.07) is 8.61. The number of carbonyl (C=O) groups excluding carboxylic acids is 1. The number of nitrogens with two attached hydrogens (primary N) is 1. The first kappa shape index (κ1) is 15.0. The van der Waals surface area contributed by atoms with Crippen molar-refractivity contribution in [3.8, 4) is 0 Å². The zero-order valence-electron chi connectivity index (χ0n) is 12.5. The minimum absolute atomic E-state index is 0.0398. The Morgan fingerprint density at radius 1 is 1.35 bits per heavy atom. The van der Waals surface area contributed by atoms with E-state index in [2.05, 4.69) is 48.3 Å². The lowest BCUT2D eigenvalue weighted by molar-refractivity contribution is -0.121. The average Bonchev–Trinajstić information content (AvgIpc) is 2.45. The Morgan fingerprint density at radius 2 is 2.05 bits per heavy atom. The van der Waals surface area contributed by atoms with E-state index in [4.69, 9.17) is 5.73 Å². The Kier molecular flexibility index (Phi) is 4.78. The van der Waals surface area contributed by atoms with E-state index in [1.54, 1.807) is 0 Å². The standard InChI is InChI=1S/C16H25N3O/c1-16(2,12-18-15(20)7-9-17)19-10-8-13-5-3-4-6-14(13)11-19/h3-6H,7-12,17H2,1-2H3,(H,18,20). The van der Waals surface area contributed by atoms with Crippen molar-refractivity contribution in [2.75, 3.05) is 19.6 Å². The fourth-order valence-electron chi connectivity index (χ4n) is 2.66. The Morgan fingerprint density at radius 3 is 2.75 bits per heavy atom. The van der Waals surface area contributed by atoms with Crippen molar-refractivity contribution in [1.82, 2.24) is 10.2 Å². The van der Waals surface area contributed by atoms with Gasteiger partial charge in [-0.1, -0.05) is 24.3 Å². The molecule has 0 saturated heterocycles. The molecule has 0 aromatic heterocycles. The minimum atomic E-state index is -0.0439. The summed E-state index contributed by atoms with van der Waals surface area (Å²) in [6.45, 7) is 7.43. The molecule has 0 fully saturated rings. The number of benzene rings is 1. The highest BCUT2D eigenvalue weighted by Gasteiger charge is 2.29. The van der Waals surface area contributed by atoms with Gasteiger partial charge in [0.2, 0.25) is 5.91 Å². The molecule has 2 rings (SSSR count). The molecule has 20 heavy (non-hydrogen) atoms. The molecular formula is C16H25N3O. The Balaban J connectivity index is 1.95. The summed E-state index contributed by atoms with van der Waals surface area (Å²) in [5, 5.41) is 2.98. The lowest BCUT2D eigenvalue weighted by atomic mass is 9.94. The SMILES string of the molecule is CC(C)(CNC(=O)CCN)N1CCc2ccccc2C1. The highest BCUT2D eigenvalue weighted by molar-refractivity contribution is 5.76. The van der Waals surface area contributed by atoms with Crippen molar-refractivity contribution < 1.29 is 4.79 Å². The molecule has 1 heterocycles. The van der Waals surface area contributed by atoms with Crippen LogP contribution in [0.5, 0.6) is 0 Å². The first-order valence-corrected chi connectivity index (χ1v) is 7.31. The third-order valence-corrected chi connectivity index (χ3v) is 4.08. The fraction of sp³-hybridized carbons (Fsp3) is 0.562. The molecule has 0 bridgehead atoms. The average molecular weight is 275 g/mol.